The van der Waals surface area contributed by atoms with E-state index in [0.29, 0.717) is 6.10 Å². The summed E-state index contributed by atoms with van der Waals surface area (Å²) in [6, 6.07) is 0. The van der Waals surface area contributed by atoms with Gasteiger partial charge in [0.15, 0.2) is 0 Å². The van der Waals surface area contributed by atoms with Crippen LogP contribution in [0.2, 0.25) is 0 Å². The summed E-state index contributed by atoms with van der Waals surface area (Å²) in [5.41, 5.74) is -0.581. The van der Waals surface area contributed by atoms with Crippen LogP contribution in [0, 0.1) is 0 Å². The van der Waals surface area contributed by atoms with E-state index < -0.39 is 5.60 Å². The Morgan fingerprint density at radius 3 is 2.85 bits per heavy atom. The predicted octanol–water partition coefficient (Wildman–Crippen LogP) is 0.668. The molecule has 3 nitrogen and oxygen atoms in total. The van der Waals surface area contributed by atoms with Crippen molar-refractivity contribution in [1.29, 1.82) is 0 Å². The summed E-state index contributed by atoms with van der Waals surface area (Å²) in [6.07, 6.45) is 4.48. The van der Waals surface area contributed by atoms with Crippen LogP contribution >= 0.6 is 0 Å². The standard InChI is InChI=1S/C10H19NO2/c1-10(12)5-2-3-9(10)13-8-4-6-11-7-8/h8-9,11-12H,2-7H2,1H3. The molecule has 1 aliphatic carbocycles. The van der Waals surface area contributed by atoms with Crippen LogP contribution in [0.3, 0.4) is 0 Å². The third-order valence-corrected chi connectivity index (χ3v) is 3.21. The number of hydrogen-bond acceptors (Lipinski definition) is 3. The number of hydrogen-bond donors (Lipinski definition) is 2. The minimum Gasteiger partial charge on any atom is -0.387 e. The molecule has 13 heavy (non-hydrogen) atoms. The Bertz CT molecular complexity index is 176. The van der Waals surface area contributed by atoms with Crippen molar-refractivity contribution in [2.24, 2.45) is 0 Å². The minimum atomic E-state index is -0.581. The summed E-state index contributed by atoms with van der Waals surface area (Å²) < 4.78 is 5.88. The first-order valence-electron chi connectivity index (χ1n) is 5.27. The summed E-state index contributed by atoms with van der Waals surface area (Å²) in [5.74, 6) is 0. The molecule has 2 fully saturated rings. The normalized spacial score (nSPS) is 45.7. The average molecular weight is 185 g/mol. The van der Waals surface area contributed by atoms with Crippen LogP contribution in [0.15, 0.2) is 0 Å². The van der Waals surface area contributed by atoms with Gasteiger partial charge in [-0.1, -0.05) is 0 Å². The van der Waals surface area contributed by atoms with Gasteiger partial charge in [-0.25, -0.2) is 0 Å². The molecule has 2 N–H and O–H groups in total. The number of ether oxygens (including phenoxy) is 1. The molecule has 0 aromatic rings. The van der Waals surface area contributed by atoms with Crippen LogP contribution in [-0.2, 0) is 4.74 Å². The highest BCUT2D eigenvalue weighted by Gasteiger charge is 2.39. The van der Waals surface area contributed by atoms with E-state index in [1.54, 1.807) is 0 Å². The van der Waals surface area contributed by atoms with Crippen molar-refractivity contribution in [3.63, 3.8) is 0 Å². The predicted molar refractivity (Wildman–Crippen MR) is 50.6 cm³/mol. The molecule has 1 saturated heterocycles. The van der Waals surface area contributed by atoms with Gasteiger partial charge < -0.3 is 15.2 Å². The Kier molecular flexibility index (Phi) is 2.58. The second-order valence-electron chi connectivity index (χ2n) is 4.49. The van der Waals surface area contributed by atoms with Crippen molar-refractivity contribution in [1.82, 2.24) is 5.32 Å². The Hall–Kier alpha value is -0.120. The van der Waals surface area contributed by atoms with E-state index in [4.69, 9.17) is 4.74 Å². The summed E-state index contributed by atoms with van der Waals surface area (Å²) >= 11 is 0. The smallest absolute Gasteiger partial charge is 0.0880 e. The second kappa shape index (κ2) is 3.56. The molecule has 0 spiro atoms. The highest BCUT2D eigenvalue weighted by molar-refractivity contribution is 4.91. The molecule has 0 radical (unpaired) electrons. The monoisotopic (exact) mass is 185 g/mol. The Morgan fingerprint density at radius 1 is 1.46 bits per heavy atom. The quantitative estimate of drug-likeness (QED) is 0.664. The summed E-state index contributed by atoms with van der Waals surface area (Å²) in [4.78, 5) is 0. The first-order valence-corrected chi connectivity index (χ1v) is 5.27. The van der Waals surface area contributed by atoms with E-state index in [1.807, 2.05) is 6.92 Å². The number of aliphatic hydroxyl groups is 1. The molecule has 3 unspecified atom stereocenters. The van der Waals surface area contributed by atoms with Crippen LogP contribution in [0.1, 0.15) is 32.6 Å². The Labute approximate surface area is 79.5 Å². The average Bonchev–Trinajstić information content (AvgIpc) is 2.63. The molecule has 3 atom stereocenters. The fraction of sp³-hybridized carbons (Fsp3) is 1.00. The van der Waals surface area contributed by atoms with Gasteiger partial charge in [0, 0.05) is 6.54 Å². The van der Waals surface area contributed by atoms with Crippen molar-refractivity contribution >= 4 is 0 Å². The molecule has 2 aliphatic rings. The first kappa shape index (κ1) is 9.44. The maximum absolute atomic E-state index is 9.97. The van der Waals surface area contributed by atoms with Crippen molar-refractivity contribution in [3.05, 3.63) is 0 Å². The van der Waals surface area contributed by atoms with Gasteiger partial charge in [-0.05, 0) is 39.2 Å². The molecule has 3 heteroatoms. The highest BCUT2D eigenvalue weighted by atomic mass is 16.5. The lowest BCUT2D eigenvalue weighted by Crippen LogP contribution is -2.38. The molecule has 0 amide bonds. The molecule has 1 saturated carbocycles. The van der Waals surface area contributed by atoms with Crippen LogP contribution in [0.5, 0.6) is 0 Å². The minimum absolute atomic E-state index is 0.0670. The molecule has 0 aromatic carbocycles. The van der Waals surface area contributed by atoms with Crippen molar-refractivity contribution < 1.29 is 9.84 Å². The Balaban J connectivity index is 1.86. The fourth-order valence-electron chi connectivity index (χ4n) is 2.31. The van der Waals surface area contributed by atoms with Gasteiger partial charge in [0.2, 0.25) is 0 Å². The van der Waals surface area contributed by atoms with Crippen LogP contribution < -0.4 is 5.32 Å². The van der Waals surface area contributed by atoms with Crippen LogP contribution in [0.25, 0.3) is 0 Å². The first-order chi connectivity index (χ1) is 6.18. The van der Waals surface area contributed by atoms with E-state index in [2.05, 4.69) is 5.32 Å². The molecular formula is C10H19NO2. The molecule has 0 bridgehead atoms. The second-order valence-corrected chi connectivity index (χ2v) is 4.49. The maximum atomic E-state index is 9.97. The molecule has 76 valence electrons. The summed E-state index contributed by atoms with van der Waals surface area (Å²) in [7, 11) is 0. The van der Waals surface area contributed by atoms with E-state index in [9.17, 15) is 5.11 Å². The van der Waals surface area contributed by atoms with Crippen molar-refractivity contribution in [2.75, 3.05) is 13.1 Å². The SMILES string of the molecule is CC1(O)CCCC1OC1CCNC1. The lowest BCUT2D eigenvalue weighted by molar-refractivity contribution is -0.103. The Morgan fingerprint density at radius 2 is 2.31 bits per heavy atom. The third kappa shape index (κ3) is 2.03. The zero-order chi connectivity index (χ0) is 9.31. The number of nitrogens with one attached hydrogen (secondary N) is 1. The topological polar surface area (TPSA) is 41.5 Å². The van der Waals surface area contributed by atoms with Crippen molar-refractivity contribution in [2.45, 2.75) is 50.4 Å². The number of rotatable bonds is 2. The van der Waals surface area contributed by atoms with Gasteiger partial charge >= 0.3 is 0 Å². The summed E-state index contributed by atoms with van der Waals surface area (Å²) in [6.45, 7) is 3.90. The van der Waals surface area contributed by atoms with E-state index in [-0.39, 0.29) is 6.10 Å². The third-order valence-electron chi connectivity index (χ3n) is 3.21. The van der Waals surface area contributed by atoms with Crippen LogP contribution in [-0.4, -0.2) is 36.0 Å². The molecule has 1 aliphatic heterocycles. The van der Waals surface area contributed by atoms with Gasteiger partial charge in [0.25, 0.3) is 0 Å². The summed E-state index contributed by atoms with van der Waals surface area (Å²) in [5, 5.41) is 13.2. The highest BCUT2D eigenvalue weighted by Crippen LogP contribution is 2.33. The fourth-order valence-corrected chi connectivity index (χ4v) is 2.31. The van der Waals surface area contributed by atoms with Gasteiger partial charge in [-0.15, -0.1) is 0 Å². The van der Waals surface area contributed by atoms with Gasteiger partial charge in [-0.3, -0.25) is 0 Å². The zero-order valence-corrected chi connectivity index (χ0v) is 8.25. The van der Waals surface area contributed by atoms with E-state index in [1.165, 1.54) is 0 Å². The molecule has 2 rings (SSSR count). The van der Waals surface area contributed by atoms with Gasteiger partial charge in [-0.2, -0.15) is 0 Å². The van der Waals surface area contributed by atoms with Gasteiger partial charge in [0.05, 0.1) is 17.8 Å². The van der Waals surface area contributed by atoms with Crippen molar-refractivity contribution in [3.8, 4) is 0 Å². The lowest BCUT2D eigenvalue weighted by Gasteiger charge is -2.28. The zero-order valence-electron chi connectivity index (χ0n) is 8.25. The maximum Gasteiger partial charge on any atom is 0.0880 e. The van der Waals surface area contributed by atoms with Crippen LogP contribution in [0.4, 0.5) is 0 Å². The van der Waals surface area contributed by atoms with E-state index >= 15 is 0 Å². The molecule has 0 aromatic heterocycles. The lowest BCUT2D eigenvalue weighted by atomic mass is 10.0. The molecule has 1 heterocycles. The largest absolute Gasteiger partial charge is 0.387 e. The molecular weight excluding hydrogens is 166 g/mol. The van der Waals surface area contributed by atoms with Gasteiger partial charge in [0.1, 0.15) is 0 Å². The van der Waals surface area contributed by atoms with E-state index in [0.717, 1.165) is 38.8 Å².